The lowest BCUT2D eigenvalue weighted by Gasteiger charge is -2.12. The van der Waals surface area contributed by atoms with Gasteiger partial charge in [0, 0.05) is 28.3 Å². The number of hydrogen-bond donors (Lipinski definition) is 1. The van der Waals surface area contributed by atoms with Gasteiger partial charge in [-0.25, -0.2) is 4.39 Å². The Kier molecular flexibility index (Phi) is 5.83. The number of hydrogen-bond acceptors (Lipinski definition) is 3. The van der Waals surface area contributed by atoms with E-state index in [1.165, 1.54) is 19.2 Å². The van der Waals surface area contributed by atoms with Crippen LogP contribution in [0.2, 0.25) is 0 Å². The van der Waals surface area contributed by atoms with E-state index < -0.39 is 5.82 Å². The summed E-state index contributed by atoms with van der Waals surface area (Å²) in [7, 11) is 1.40. The van der Waals surface area contributed by atoms with Gasteiger partial charge in [-0.15, -0.1) is 11.8 Å². The molecule has 1 N–H and O–H groups in total. The molecule has 1 unspecified atom stereocenters. The van der Waals surface area contributed by atoms with E-state index in [9.17, 15) is 9.18 Å². The Bertz CT molecular complexity index is 634. The molecule has 0 aromatic heterocycles. The fourth-order valence-corrected chi connectivity index (χ4v) is 2.77. The first-order valence-electron chi connectivity index (χ1n) is 6.92. The SMILES string of the molecule is COc1ccc(NC(=O)C(C)CSc2ccccc2)cc1F. The molecule has 2 aromatic rings. The third-order valence-corrected chi connectivity index (χ3v) is 4.38. The fraction of sp³-hybridized carbons (Fsp3) is 0.235. The first-order valence-corrected chi connectivity index (χ1v) is 7.91. The molecule has 0 fully saturated rings. The van der Waals surface area contributed by atoms with E-state index in [1.54, 1.807) is 17.8 Å². The Morgan fingerprint density at radius 2 is 2.00 bits per heavy atom. The Labute approximate surface area is 133 Å². The van der Waals surface area contributed by atoms with Gasteiger partial charge in [-0.05, 0) is 24.3 Å². The summed E-state index contributed by atoms with van der Waals surface area (Å²) in [5.74, 6) is 0.00903. The van der Waals surface area contributed by atoms with Gasteiger partial charge in [0.15, 0.2) is 11.6 Å². The average molecular weight is 319 g/mol. The second-order valence-corrected chi connectivity index (χ2v) is 5.96. The summed E-state index contributed by atoms with van der Waals surface area (Å²) in [5.41, 5.74) is 0.430. The van der Waals surface area contributed by atoms with Crippen LogP contribution in [0.5, 0.6) is 5.75 Å². The lowest BCUT2D eigenvalue weighted by molar-refractivity contribution is -0.118. The summed E-state index contributed by atoms with van der Waals surface area (Å²) in [6.07, 6.45) is 0. The molecular weight excluding hydrogens is 301 g/mol. The Balaban J connectivity index is 1.89. The summed E-state index contributed by atoms with van der Waals surface area (Å²) < 4.78 is 18.4. The van der Waals surface area contributed by atoms with Gasteiger partial charge in [0.2, 0.25) is 5.91 Å². The number of carbonyl (C=O) groups is 1. The molecule has 1 atom stereocenters. The summed E-state index contributed by atoms with van der Waals surface area (Å²) in [4.78, 5) is 13.2. The maximum atomic E-state index is 13.6. The van der Waals surface area contributed by atoms with Crippen LogP contribution in [0.3, 0.4) is 0 Å². The second-order valence-electron chi connectivity index (χ2n) is 4.86. The molecule has 0 heterocycles. The standard InChI is InChI=1S/C17H18FNO2S/c1-12(11-22-14-6-4-3-5-7-14)17(20)19-13-8-9-16(21-2)15(18)10-13/h3-10,12H,11H2,1-2H3,(H,19,20). The van der Waals surface area contributed by atoms with Gasteiger partial charge in [-0.2, -0.15) is 0 Å². The summed E-state index contributed by atoms with van der Waals surface area (Å²) in [5, 5.41) is 2.72. The van der Waals surface area contributed by atoms with Crippen molar-refractivity contribution in [1.29, 1.82) is 0 Å². The molecule has 116 valence electrons. The van der Waals surface area contributed by atoms with Crippen molar-refractivity contribution < 1.29 is 13.9 Å². The first-order chi connectivity index (χ1) is 10.6. The van der Waals surface area contributed by atoms with Crippen molar-refractivity contribution in [1.82, 2.24) is 0 Å². The molecule has 3 nitrogen and oxygen atoms in total. The highest BCUT2D eigenvalue weighted by atomic mass is 32.2. The molecule has 0 bridgehead atoms. The molecule has 1 amide bonds. The van der Waals surface area contributed by atoms with Crippen LogP contribution in [-0.4, -0.2) is 18.8 Å². The minimum absolute atomic E-state index is 0.131. The van der Waals surface area contributed by atoms with Gasteiger partial charge in [-0.1, -0.05) is 25.1 Å². The van der Waals surface area contributed by atoms with Gasteiger partial charge >= 0.3 is 0 Å². The smallest absolute Gasteiger partial charge is 0.228 e. The molecule has 22 heavy (non-hydrogen) atoms. The van der Waals surface area contributed by atoms with Crippen LogP contribution >= 0.6 is 11.8 Å². The maximum absolute atomic E-state index is 13.6. The summed E-state index contributed by atoms with van der Waals surface area (Å²) in [6.45, 7) is 1.85. The Morgan fingerprint density at radius 3 is 2.64 bits per heavy atom. The highest BCUT2D eigenvalue weighted by molar-refractivity contribution is 7.99. The molecule has 0 spiro atoms. The number of benzene rings is 2. The van der Waals surface area contributed by atoms with Crippen molar-refractivity contribution in [3.63, 3.8) is 0 Å². The number of ether oxygens (including phenoxy) is 1. The molecular formula is C17H18FNO2S. The third kappa shape index (κ3) is 4.49. The second kappa shape index (κ2) is 7.84. The quantitative estimate of drug-likeness (QED) is 0.811. The van der Waals surface area contributed by atoms with Crippen LogP contribution < -0.4 is 10.1 Å². The lowest BCUT2D eigenvalue weighted by atomic mass is 10.2. The topological polar surface area (TPSA) is 38.3 Å². The van der Waals surface area contributed by atoms with E-state index in [4.69, 9.17) is 4.74 Å². The van der Waals surface area contributed by atoms with E-state index in [-0.39, 0.29) is 17.6 Å². The predicted octanol–water partition coefficient (Wildman–Crippen LogP) is 4.20. The number of nitrogens with one attached hydrogen (secondary N) is 1. The molecule has 0 aliphatic carbocycles. The molecule has 0 aliphatic heterocycles. The van der Waals surface area contributed by atoms with E-state index in [1.807, 2.05) is 37.3 Å². The van der Waals surface area contributed by atoms with Crippen molar-refractivity contribution in [2.24, 2.45) is 5.92 Å². The van der Waals surface area contributed by atoms with E-state index >= 15 is 0 Å². The normalized spacial score (nSPS) is 11.8. The number of amides is 1. The van der Waals surface area contributed by atoms with Crippen molar-refractivity contribution >= 4 is 23.4 Å². The van der Waals surface area contributed by atoms with Gasteiger partial charge in [0.1, 0.15) is 0 Å². The van der Waals surface area contributed by atoms with Gasteiger partial charge in [-0.3, -0.25) is 4.79 Å². The zero-order valence-corrected chi connectivity index (χ0v) is 13.3. The fourth-order valence-electron chi connectivity index (χ4n) is 1.82. The average Bonchev–Trinajstić information content (AvgIpc) is 2.53. The number of halogens is 1. The Morgan fingerprint density at radius 1 is 1.27 bits per heavy atom. The van der Waals surface area contributed by atoms with Crippen molar-refractivity contribution in [2.45, 2.75) is 11.8 Å². The lowest BCUT2D eigenvalue weighted by Crippen LogP contribution is -2.22. The highest BCUT2D eigenvalue weighted by Gasteiger charge is 2.14. The number of anilines is 1. The van der Waals surface area contributed by atoms with Crippen LogP contribution in [0.15, 0.2) is 53.4 Å². The van der Waals surface area contributed by atoms with Gasteiger partial charge in [0.25, 0.3) is 0 Å². The monoisotopic (exact) mass is 319 g/mol. The molecule has 5 heteroatoms. The van der Waals surface area contributed by atoms with E-state index in [0.29, 0.717) is 11.4 Å². The van der Waals surface area contributed by atoms with Crippen molar-refractivity contribution in [3.05, 3.63) is 54.3 Å². The first kappa shape index (κ1) is 16.4. The summed E-state index contributed by atoms with van der Waals surface area (Å²) in [6, 6.07) is 14.3. The molecule has 0 saturated carbocycles. The minimum atomic E-state index is -0.494. The number of methoxy groups -OCH3 is 1. The number of thioether (sulfide) groups is 1. The van der Waals surface area contributed by atoms with Crippen LogP contribution in [0.25, 0.3) is 0 Å². The molecule has 2 aromatic carbocycles. The predicted molar refractivity (Wildman–Crippen MR) is 87.9 cm³/mol. The van der Waals surface area contributed by atoms with Gasteiger partial charge in [0.05, 0.1) is 7.11 Å². The molecule has 0 aliphatic rings. The number of carbonyl (C=O) groups excluding carboxylic acids is 1. The highest BCUT2D eigenvalue weighted by Crippen LogP contribution is 2.23. The molecule has 2 rings (SSSR count). The van der Waals surface area contributed by atoms with Crippen LogP contribution in [-0.2, 0) is 4.79 Å². The molecule has 0 saturated heterocycles. The van der Waals surface area contributed by atoms with E-state index in [2.05, 4.69) is 5.32 Å². The van der Waals surface area contributed by atoms with Crippen LogP contribution in [0.1, 0.15) is 6.92 Å². The Hall–Kier alpha value is -2.01. The van der Waals surface area contributed by atoms with Crippen molar-refractivity contribution in [3.8, 4) is 5.75 Å². The zero-order valence-electron chi connectivity index (χ0n) is 12.5. The van der Waals surface area contributed by atoms with Gasteiger partial charge < -0.3 is 10.1 Å². The largest absolute Gasteiger partial charge is 0.494 e. The third-order valence-electron chi connectivity index (χ3n) is 3.11. The maximum Gasteiger partial charge on any atom is 0.228 e. The minimum Gasteiger partial charge on any atom is -0.494 e. The zero-order chi connectivity index (χ0) is 15.9. The van der Waals surface area contributed by atoms with E-state index in [0.717, 1.165) is 4.90 Å². The van der Waals surface area contributed by atoms with Crippen LogP contribution in [0.4, 0.5) is 10.1 Å². The number of rotatable bonds is 6. The van der Waals surface area contributed by atoms with Crippen molar-refractivity contribution in [2.75, 3.05) is 18.2 Å². The summed E-state index contributed by atoms with van der Waals surface area (Å²) >= 11 is 1.62. The molecule has 0 radical (unpaired) electrons. The van der Waals surface area contributed by atoms with Crippen LogP contribution in [0, 0.1) is 11.7 Å².